The fraction of sp³-hybridized carbons (Fsp3) is 0.333. The topological polar surface area (TPSA) is 72.6 Å². The monoisotopic (exact) mass is 232 g/mol. The summed E-state index contributed by atoms with van der Waals surface area (Å²) in [5.41, 5.74) is 0.275. The Morgan fingerprint density at radius 3 is 2.83 bits per heavy atom. The molecule has 0 N–H and O–H groups in total. The Labute approximate surface area is 76.4 Å². The third kappa shape index (κ3) is 1.42. The van der Waals surface area contributed by atoms with E-state index in [-0.39, 0.29) is 5.70 Å². The van der Waals surface area contributed by atoms with Crippen LogP contribution in [0.15, 0.2) is 16.3 Å². The first-order chi connectivity index (χ1) is 5.54. The van der Waals surface area contributed by atoms with Crippen molar-refractivity contribution in [1.82, 2.24) is 0 Å². The SMILES string of the molecule is CC1=C([N+](=O)[O-])C=NC(=O)C1Br. The zero-order valence-corrected chi connectivity index (χ0v) is 7.74. The smallest absolute Gasteiger partial charge is 0.271 e. The van der Waals surface area contributed by atoms with Gasteiger partial charge in [-0.05, 0) is 6.92 Å². The largest absolute Gasteiger partial charge is 0.288 e. The minimum absolute atomic E-state index is 0.114. The predicted molar refractivity (Wildman–Crippen MR) is 45.9 cm³/mol. The van der Waals surface area contributed by atoms with E-state index < -0.39 is 15.7 Å². The van der Waals surface area contributed by atoms with Gasteiger partial charge in [-0.25, -0.2) is 4.99 Å². The van der Waals surface area contributed by atoms with Crippen LogP contribution in [0.1, 0.15) is 6.92 Å². The molecule has 0 aromatic heterocycles. The molecule has 12 heavy (non-hydrogen) atoms. The first kappa shape index (κ1) is 9.05. The molecule has 1 unspecified atom stereocenters. The van der Waals surface area contributed by atoms with Crippen molar-refractivity contribution < 1.29 is 9.72 Å². The number of hydrogen-bond donors (Lipinski definition) is 0. The lowest BCUT2D eigenvalue weighted by atomic mass is 10.1. The van der Waals surface area contributed by atoms with E-state index in [4.69, 9.17) is 0 Å². The zero-order chi connectivity index (χ0) is 9.30. The van der Waals surface area contributed by atoms with E-state index in [0.29, 0.717) is 5.57 Å². The first-order valence-electron chi connectivity index (χ1n) is 3.11. The lowest BCUT2D eigenvalue weighted by Crippen LogP contribution is -2.22. The van der Waals surface area contributed by atoms with Gasteiger partial charge in [0, 0.05) is 5.57 Å². The molecule has 0 spiro atoms. The number of carbonyl (C=O) groups excluding carboxylic acids is 1. The second kappa shape index (κ2) is 3.14. The molecule has 0 aromatic carbocycles. The van der Waals surface area contributed by atoms with Gasteiger partial charge in [0.2, 0.25) is 0 Å². The number of dihydropyridines is 1. The maximum absolute atomic E-state index is 10.9. The summed E-state index contributed by atoms with van der Waals surface area (Å²) in [6.45, 7) is 1.53. The van der Waals surface area contributed by atoms with Crippen LogP contribution in [0.25, 0.3) is 0 Å². The van der Waals surface area contributed by atoms with Crippen LogP contribution in [0.4, 0.5) is 0 Å². The van der Waals surface area contributed by atoms with Crippen molar-refractivity contribution in [3.8, 4) is 0 Å². The summed E-state index contributed by atoms with van der Waals surface area (Å²) < 4.78 is 0. The molecule has 1 aliphatic heterocycles. The number of aliphatic imine (C=N–C) groups is 1. The molecule has 0 fully saturated rings. The van der Waals surface area contributed by atoms with E-state index in [1.165, 1.54) is 6.92 Å². The number of hydrogen-bond acceptors (Lipinski definition) is 3. The molecule has 0 saturated heterocycles. The van der Waals surface area contributed by atoms with Crippen LogP contribution < -0.4 is 0 Å². The summed E-state index contributed by atoms with van der Waals surface area (Å²) in [6, 6.07) is 0. The molecule has 0 aliphatic carbocycles. The summed E-state index contributed by atoms with van der Waals surface area (Å²) >= 11 is 3.00. The minimum Gasteiger partial charge on any atom is -0.271 e. The molecule has 0 saturated carbocycles. The van der Waals surface area contributed by atoms with E-state index in [2.05, 4.69) is 20.9 Å². The highest BCUT2D eigenvalue weighted by atomic mass is 79.9. The van der Waals surface area contributed by atoms with E-state index in [9.17, 15) is 14.9 Å². The van der Waals surface area contributed by atoms with Gasteiger partial charge in [-0.2, -0.15) is 0 Å². The highest BCUT2D eigenvalue weighted by Crippen LogP contribution is 2.20. The summed E-state index contributed by atoms with van der Waals surface area (Å²) in [7, 11) is 0. The molecule has 1 atom stereocenters. The van der Waals surface area contributed by atoms with Crippen molar-refractivity contribution >= 4 is 28.1 Å². The van der Waals surface area contributed by atoms with Gasteiger partial charge in [0.1, 0.15) is 11.0 Å². The number of nitrogens with zero attached hydrogens (tertiary/aromatic N) is 2. The fourth-order valence-corrected chi connectivity index (χ4v) is 1.15. The average Bonchev–Trinajstić information content (AvgIpc) is 2.00. The molecule has 0 radical (unpaired) electrons. The minimum atomic E-state index is -0.650. The Bertz CT molecular complexity index is 308. The number of allylic oxidation sites excluding steroid dienone is 1. The zero-order valence-electron chi connectivity index (χ0n) is 6.15. The Hall–Kier alpha value is -1.04. The van der Waals surface area contributed by atoms with Crippen molar-refractivity contribution in [2.75, 3.05) is 0 Å². The van der Waals surface area contributed by atoms with Crippen molar-refractivity contribution in [2.45, 2.75) is 11.8 Å². The quantitative estimate of drug-likeness (QED) is 0.384. The van der Waals surface area contributed by atoms with Gasteiger partial charge >= 0.3 is 0 Å². The van der Waals surface area contributed by atoms with Crippen LogP contribution in [0.2, 0.25) is 0 Å². The molecular formula is C6H5BrN2O3. The predicted octanol–water partition coefficient (Wildman–Crippen LogP) is 0.912. The maximum Gasteiger partial charge on any atom is 0.288 e. The number of halogens is 1. The average molecular weight is 233 g/mol. The van der Waals surface area contributed by atoms with Gasteiger partial charge in [0.25, 0.3) is 11.6 Å². The van der Waals surface area contributed by atoms with E-state index >= 15 is 0 Å². The number of carbonyl (C=O) groups is 1. The highest BCUT2D eigenvalue weighted by molar-refractivity contribution is 9.10. The van der Waals surface area contributed by atoms with Gasteiger partial charge in [-0.1, -0.05) is 15.9 Å². The number of alkyl halides is 1. The molecular weight excluding hydrogens is 228 g/mol. The van der Waals surface area contributed by atoms with Crippen LogP contribution in [0.3, 0.4) is 0 Å². The van der Waals surface area contributed by atoms with Crippen molar-refractivity contribution in [2.24, 2.45) is 4.99 Å². The van der Waals surface area contributed by atoms with Gasteiger partial charge in [-0.3, -0.25) is 14.9 Å². The van der Waals surface area contributed by atoms with Gasteiger partial charge in [-0.15, -0.1) is 0 Å². The maximum atomic E-state index is 10.9. The van der Waals surface area contributed by atoms with E-state index in [1.54, 1.807) is 0 Å². The summed E-state index contributed by atoms with van der Waals surface area (Å²) in [4.78, 5) is 23.4. The lowest BCUT2D eigenvalue weighted by Gasteiger charge is -2.09. The molecule has 1 heterocycles. The molecule has 1 rings (SSSR count). The molecule has 0 aromatic rings. The molecule has 5 nitrogen and oxygen atoms in total. The molecule has 0 bridgehead atoms. The molecule has 6 heteroatoms. The standard InChI is InChI=1S/C6H5BrN2O3/c1-3-4(9(11)12)2-8-6(10)5(3)7/h2,5H,1H3. The lowest BCUT2D eigenvalue weighted by molar-refractivity contribution is -0.415. The Morgan fingerprint density at radius 2 is 2.33 bits per heavy atom. The normalized spacial score (nSPS) is 23.2. The van der Waals surface area contributed by atoms with Crippen LogP contribution in [-0.2, 0) is 4.79 Å². The van der Waals surface area contributed by atoms with Crippen LogP contribution in [-0.4, -0.2) is 21.9 Å². The van der Waals surface area contributed by atoms with Gasteiger partial charge < -0.3 is 0 Å². The Balaban J connectivity index is 3.10. The Kier molecular flexibility index (Phi) is 2.37. The number of nitro groups is 1. The molecule has 1 aliphatic rings. The van der Waals surface area contributed by atoms with Gasteiger partial charge in [0.05, 0.1) is 4.92 Å². The molecule has 64 valence electrons. The fourth-order valence-electron chi connectivity index (χ4n) is 0.798. The van der Waals surface area contributed by atoms with Crippen LogP contribution in [0.5, 0.6) is 0 Å². The second-order valence-electron chi connectivity index (χ2n) is 2.28. The van der Waals surface area contributed by atoms with Crippen molar-refractivity contribution in [3.05, 3.63) is 21.4 Å². The third-order valence-corrected chi connectivity index (χ3v) is 2.59. The van der Waals surface area contributed by atoms with Crippen molar-refractivity contribution in [1.29, 1.82) is 0 Å². The summed E-state index contributed by atoms with van der Waals surface area (Å²) in [5, 5.41) is 10.3. The van der Waals surface area contributed by atoms with Gasteiger partial charge in [0.15, 0.2) is 0 Å². The summed E-state index contributed by atoms with van der Waals surface area (Å²) in [5.74, 6) is -0.405. The van der Waals surface area contributed by atoms with Crippen LogP contribution >= 0.6 is 15.9 Å². The summed E-state index contributed by atoms with van der Waals surface area (Å²) in [6.07, 6.45) is 0.982. The number of rotatable bonds is 1. The second-order valence-corrected chi connectivity index (χ2v) is 3.20. The third-order valence-electron chi connectivity index (χ3n) is 1.51. The molecule has 1 amide bonds. The van der Waals surface area contributed by atoms with E-state index in [0.717, 1.165) is 6.21 Å². The van der Waals surface area contributed by atoms with E-state index in [1.807, 2.05) is 0 Å². The Morgan fingerprint density at radius 1 is 1.75 bits per heavy atom. The first-order valence-corrected chi connectivity index (χ1v) is 4.02. The van der Waals surface area contributed by atoms with Crippen molar-refractivity contribution in [3.63, 3.8) is 0 Å². The highest BCUT2D eigenvalue weighted by Gasteiger charge is 2.28. The van der Waals surface area contributed by atoms with Crippen LogP contribution in [0, 0.1) is 10.1 Å². The number of amides is 1.